The van der Waals surface area contributed by atoms with Gasteiger partial charge in [0.1, 0.15) is 0 Å². The molecule has 0 aliphatic carbocycles. The molecule has 21 heavy (non-hydrogen) atoms. The molecule has 3 aliphatic rings. The predicted molar refractivity (Wildman–Crippen MR) is 88.5 cm³/mol. The molecule has 0 aromatic carbocycles. The topological polar surface area (TPSA) is 35.7 Å². The third-order valence-electron chi connectivity index (χ3n) is 6.54. The summed E-state index contributed by atoms with van der Waals surface area (Å²) in [6.45, 7) is 7.14. The van der Waals surface area contributed by atoms with Crippen molar-refractivity contribution in [1.82, 2.24) is 14.7 Å². The highest BCUT2D eigenvalue weighted by atomic mass is 15.3. The minimum absolute atomic E-state index is 0.283. The van der Waals surface area contributed by atoms with E-state index in [4.69, 9.17) is 5.73 Å². The molecule has 3 fully saturated rings. The SMILES string of the molecule is CN1CCCC(CN)(N2CCC3C(CCCN3C)C2)CC1. The maximum atomic E-state index is 6.31. The molecule has 0 amide bonds. The van der Waals surface area contributed by atoms with Gasteiger partial charge in [0.2, 0.25) is 0 Å². The zero-order chi connectivity index (χ0) is 14.9. The molecule has 0 bridgehead atoms. The van der Waals surface area contributed by atoms with Gasteiger partial charge in [0.25, 0.3) is 0 Å². The number of rotatable bonds is 2. The Bertz CT molecular complexity index is 348. The van der Waals surface area contributed by atoms with Gasteiger partial charge in [0, 0.05) is 31.2 Å². The summed E-state index contributed by atoms with van der Waals surface area (Å²) in [6.07, 6.45) is 8.00. The molecule has 3 atom stereocenters. The molecule has 3 unspecified atom stereocenters. The largest absolute Gasteiger partial charge is 0.329 e. The molecular formula is C17H34N4. The summed E-state index contributed by atoms with van der Waals surface area (Å²) in [5.41, 5.74) is 6.59. The van der Waals surface area contributed by atoms with Gasteiger partial charge in [-0.25, -0.2) is 0 Å². The van der Waals surface area contributed by atoms with E-state index in [2.05, 4.69) is 28.8 Å². The van der Waals surface area contributed by atoms with Crippen LogP contribution < -0.4 is 5.73 Å². The lowest BCUT2D eigenvalue weighted by Gasteiger charge is -2.52. The molecule has 0 radical (unpaired) electrons. The molecule has 3 rings (SSSR count). The van der Waals surface area contributed by atoms with Gasteiger partial charge in [-0.05, 0) is 78.2 Å². The fraction of sp³-hybridized carbons (Fsp3) is 1.00. The zero-order valence-corrected chi connectivity index (χ0v) is 14.1. The van der Waals surface area contributed by atoms with Gasteiger partial charge in [-0.1, -0.05) is 0 Å². The van der Waals surface area contributed by atoms with Crippen LogP contribution in [-0.2, 0) is 0 Å². The highest BCUT2D eigenvalue weighted by molar-refractivity contribution is 4.99. The van der Waals surface area contributed by atoms with Crippen molar-refractivity contribution < 1.29 is 0 Å². The molecular weight excluding hydrogens is 260 g/mol. The van der Waals surface area contributed by atoms with E-state index >= 15 is 0 Å². The fourth-order valence-electron chi connectivity index (χ4n) is 5.05. The van der Waals surface area contributed by atoms with Crippen LogP contribution >= 0.6 is 0 Å². The standard InChI is InChI=1S/C17H34N4/c1-19-9-4-7-17(14-18,8-12-19)21-11-6-16-15(13-21)5-3-10-20(16)2/h15-16H,3-14,18H2,1-2H3. The lowest BCUT2D eigenvalue weighted by molar-refractivity contribution is -0.0196. The van der Waals surface area contributed by atoms with Gasteiger partial charge in [-0.3, -0.25) is 4.90 Å². The Balaban J connectivity index is 1.70. The van der Waals surface area contributed by atoms with Crippen LogP contribution in [0.15, 0.2) is 0 Å². The van der Waals surface area contributed by atoms with Crippen LogP contribution in [0.2, 0.25) is 0 Å². The molecule has 0 aromatic rings. The van der Waals surface area contributed by atoms with Crippen molar-refractivity contribution in [3.8, 4) is 0 Å². The minimum atomic E-state index is 0.283. The Labute approximate surface area is 130 Å². The lowest BCUT2D eigenvalue weighted by Crippen LogP contribution is -2.61. The monoisotopic (exact) mass is 294 g/mol. The summed E-state index contributed by atoms with van der Waals surface area (Å²) < 4.78 is 0. The molecule has 3 aliphatic heterocycles. The summed E-state index contributed by atoms with van der Waals surface area (Å²) in [5, 5.41) is 0. The second kappa shape index (κ2) is 6.53. The van der Waals surface area contributed by atoms with Crippen LogP contribution in [0, 0.1) is 5.92 Å². The van der Waals surface area contributed by atoms with Crippen LogP contribution in [0.1, 0.15) is 38.5 Å². The first-order valence-electron chi connectivity index (χ1n) is 8.98. The molecule has 3 heterocycles. The number of nitrogens with two attached hydrogens (primary N) is 1. The number of hydrogen-bond acceptors (Lipinski definition) is 4. The van der Waals surface area contributed by atoms with E-state index in [9.17, 15) is 0 Å². The summed E-state index contributed by atoms with van der Waals surface area (Å²) >= 11 is 0. The summed E-state index contributed by atoms with van der Waals surface area (Å²) in [6, 6.07) is 0.832. The number of nitrogens with zero attached hydrogens (tertiary/aromatic N) is 3. The van der Waals surface area contributed by atoms with E-state index in [1.807, 2.05) is 0 Å². The maximum absolute atomic E-state index is 6.31. The van der Waals surface area contributed by atoms with Gasteiger partial charge in [0.15, 0.2) is 0 Å². The van der Waals surface area contributed by atoms with Gasteiger partial charge >= 0.3 is 0 Å². The second-order valence-corrected chi connectivity index (χ2v) is 7.77. The van der Waals surface area contributed by atoms with Crippen LogP contribution in [0.4, 0.5) is 0 Å². The van der Waals surface area contributed by atoms with Crippen molar-refractivity contribution in [2.75, 3.05) is 53.4 Å². The molecule has 122 valence electrons. The number of likely N-dealkylation sites (tertiary alicyclic amines) is 3. The summed E-state index contributed by atoms with van der Waals surface area (Å²) in [5.74, 6) is 0.877. The van der Waals surface area contributed by atoms with E-state index in [1.165, 1.54) is 71.2 Å². The lowest BCUT2D eigenvalue weighted by atomic mass is 9.79. The van der Waals surface area contributed by atoms with E-state index < -0.39 is 0 Å². The van der Waals surface area contributed by atoms with Crippen molar-refractivity contribution in [3.05, 3.63) is 0 Å². The third kappa shape index (κ3) is 3.14. The highest BCUT2D eigenvalue weighted by Gasteiger charge is 2.42. The van der Waals surface area contributed by atoms with Crippen LogP contribution in [-0.4, -0.2) is 79.6 Å². The number of fused-ring (bicyclic) bond motifs is 1. The Morgan fingerprint density at radius 2 is 1.86 bits per heavy atom. The highest BCUT2D eigenvalue weighted by Crippen LogP contribution is 2.36. The molecule has 4 nitrogen and oxygen atoms in total. The number of hydrogen-bond donors (Lipinski definition) is 1. The molecule has 0 spiro atoms. The van der Waals surface area contributed by atoms with Crippen LogP contribution in [0.5, 0.6) is 0 Å². The molecule has 0 saturated carbocycles. The van der Waals surface area contributed by atoms with Crippen LogP contribution in [0.25, 0.3) is 0 Å². The molecule has 3 saturated heterocycles. The van der Waals surface area contributed by atoms with Crippen molar-refractivity contribution in [2.45, 2.75) is 50.1 Å². The predicted octanol–water partition coefficient (Wildman–Crippen LogP) is 1.22. The van der Waals surface area contributed by atoms with Gasteiger partial charge < -0.3 is 15.5 Å². The van der Waals surface area contributed by atoms with E-state index in [-0.39, 0.29) is 5.54 Å². The molecule has 0 aromatic heterocycles. The normalized spacial score (nSPS) is 40.7. The number of piperidine rings is 2. The first-order valence-corrected chi connectivity index (χ1v) is 8.98. The third-order valence-corrected chi connectivity index (χ3v) is 6.54. The van der Waals surface area contributed by atoms with Crippen LogP contribution in [0.3, 0.4) is 0 Å². The first kappa shape index (κ1) is 15.7. The first-order chi connectivity index (χ1) is 10.1. The van der Waals surface area contributed by atoms with Crippen molar-refractivity contribution in [3.63, 3.8) is 0 Å². The Kier molecular flexibility index (Phi) is 4.89. The van der Waals surface area contributed by atoms with E-state index in [1.54, 1.807) is 0 Å². The minimum Gasteiger partial charge on any atom is -0.329 e. The second-order valence-electron chi connectivity index (χ2n) is 7.77. The van der Waals surface area contributed by atoms with Crippen molar-refractivity contribution >= 4 is 0 Å². The maximum Gasteiger partial charge on any atom is 0.0344 e. The summed E-state index contributed by atoms with van der Waals surface area (Å²) in [7, 11) is 4.58. The smallest absolute Gasteiger partial charge is 0.0344 e. The average Bonchev–Trinajstić information content (AvgIpc) is 2.70. The fourth-order valence-corrected chi connectivity index (χ4v) is 5.05. The Hall–Kier alpha value is -0.160. The van der Waals surface area contributed by atoms with Crippen molar-refractivity contribution in [2.24, 2.45) is 11.7 Å². The summed E-state index contributed by atoms with van der Waals surface area (Å²) in [4.78, 5) is 7.90. The van der Waals surface area contributed by atoms with Gasteiger partial charge in [0.05, 0.1) is 0 Å². The van der Waals surface area contributed by atoms with Crippen molar-refractivity contribution in [1.29, 1.82) is 0 Å². The molecule has 2 N–H and O–H groups in total. The quantitative estimate of drug-likeness (QED) is 0.830. The zero-order valence-electron chi connectivity index (χ0n) is 14.1. The van der Waals surface area contributed by atoms with E-state index in [0.29, 0.717) is 0 Å². The Morgan fingerprint density at radius 1 is 1.00 bits per heavy atom. The van der Waals surface area contributed by atoms with E-state index in [0.717, 1.165) is 18.5 Å². The Morgan fingerprint density at radius 3 is 2.67 bits per heavy atom. The van der Waals surface area contributed by atoms with Gasteiger partial charge in [-0.15, -0.1) is 0 Å². The average molecular weight is 294 g/mol. The van der Waals surface area contributed by atoms with Gasteiger partial charge in [-0.2, -0.15) is 0 Å². The molecule has 4 heteroatoms.